The van der Waals surface area contributed by atoms with Gasteiger partial charge in [0.2, 0.25) is 0 Å². The summed E-state index contributed by atoms with van der Waals surface area (Å²) in [5.41, 5.74) is 3.00. The van der Waals surface area contributed by atoms with Crippen molar-refractivity contribution in [1.29, 1.82) is 0 Å². The van der Waals surface area contributed by atoms with Crippen LogP contribution >= 0.6 is 11.6 Å². The molecule has 3 nitrogen and oxygen atoms in total. The average molecular weight is 287 g/mol. The van der Waals surface area contributed by atoms with Crippen LogP contribution in [-0.4, -0.2) is 14.7 Å². The highest BCUT2D eigenvalue weighted by Crippen LogP contribution is 2.22. The molecular formula is C16H15ClN2O. The van der Waals surface area contributed by atoms with Gasteiger partial charge in [0.1, 0.15) is 11.9 Å². The smallest absolute Gasteiger partial charge is 0.138 e. The largest absolute Gasteiger partial charge is 0.385 e. The number of halogens is 1. The zero-order valence-electron chi connectivity index (χ0n) is 11.1. The van der Waals surface area contributed by atoms with Crippen LogP contribution < -0.4 is 0 Å². The number of para-hydroxylation sites is 2. The molecule has 0 bridgehead atoms. The van der Waals surface area contributed by atoms with Gasteiger partial charge in [0, 0.05) is 11.6 Å². The molecule has 0 aliphatic heterocycles. The minimum absolute atomic E-state index is 0.610. The first-order valence-corrected chi connectivity index (χ1v) is 6.90. The van der Waals surface area contributed by atoms with E-state index in [1.165, 1.54) is 0 Å². The Kier molecular flexibility index (Phi) is 3.47. The van der Waals surface area contributed by atoms with E-state index in [-0.39, 0.29) is 0 Å². The monoisotopic (exact) mass is 286 g/mol. The van der Waals surface area contributed by atoms with E-state index >= 15 is 0 Å². The molecule has 1 atom stereocenters. The molecule has 2 aromatic carbocycles. The Bertz CT molecular complexity index is 749. The normalized spacial score (nSPS) is 12.8. The second-order valence-electron chi connectivity index (χ2n) is 4.85. The van der Waals surface area contributed by atoms with Gasteiger partial charge in [0.25, 0.3) is 0 Å². The van der Waals surface area contributed by atoms with Crippen LogP contribution in [-0.2, 0) is 6.54 Å². The highest BCUT2D eigenvalue weighted by Gasteiger charge is 2.14. The third kappa shape index (κ3) is 2.42. The minimum Gasteiger partial charge on any atom is -0.385 e. The maximum absolute atomic E-state index is 9.93. The van der Waals surface area contributed by atoms with Gasteiger partial charge in [-0.3, -0.25) is 0 Å². The summed E-state index contributed by atoms with van der Waals surface area (Å²) in [6.45, 7) is 2.37. The fraction of sp³-hybridized carbons (Fsp3) is 0.188. The lowest BCUT2D eigenvalue weighted by molar-refractivity contribution is 0.185. The van der Waals surface area contributed by atoms with Crippen molar-refractivity contribution >= 4 is 22.6 Å². The van der Waals surface area contributed by atoms with Crippen LogP contribution in [0, 0.1) is 0 Å². The predicted octanol–water partition coefficient (Wildman–Crippen LogP) is 3.79. The van der Waals surface area contributed by atoms with Gasteiger partial charge in [0.05, 0.1) is 11.0 Å². The van der Waals surface area contributed by atoms with Crippen LogP contribution in [0.4, 0.5) is 0 Å². The molecule has 3 aromatic rings. The molecule has 1 aromatic heterocycles. The van der Waals surface area contributed by atoms with E-state index in [9.17, 15) is 5.11 Å². The summed E-state index contributed by atoms with van der Waals surface area (Å²) in [7, 11) is 0. The first-order chi connectivity index (χ1) is 9.65. The van der Waals surface area contributed by atoms with Gasteiger partial charge in [-0.15, -0.1) is 0 Å². The van der Waals surface area contributed by atoms with Crippen molar-refractivity contribution in [3.05, 3.63) is 64.9 Å². The number of nitrogens with zero attached hydrogens (tertiary/aromatic N) is 2. The summed E-state index contributed by atoms with van der Waals surface area (Å²) < 4.78 is 2.03. The fourth-order valence-electron chi connectivity index (χ4n) is 2.40. The summed E-state index contributed by atoms with van der Waals surface area (Å²) in [6.07, 6.45) is -0.610. The van der Waals surface area contributed by atoms with Crippen molar-refractivity contribution in [1.82, 2.24) is 9.55 Å². The summed E-state index contributed by atoms with van der Waals surface area (Å²) >= 11 is 6.03. The Morgan fingerprint density at radius 2 is 2.00 bits per heavy atom. The number of aromatic nitrogens is 2. The first kappa shape index (κ1) is 13.2. The molecule has 4 heteroatoms. The fourth-order valence-corrected chi connectivity index (χ4v) is 2.61. The van der Waals surface area contributed by atoms with Gasteiger partial charge in [-0.25, -0.2) is 4.98 Å². The summed E-state index contributed by atoms with van der Waals surface area (Å²) in [5, 5.41) is 10.6. The van der Waals surface area contributed by atoms with E-state index in [0.717, 1.165) is 16.6 Å². The van der Waals surface area contributed by atoms with Crippen LogP contribution in [0.25, 0.3) is 11.0 Å². The van der Waals surface area contributed by atoms with Crippen molar-refractivity contribution in [3.8, 4) is 0 Å². The molecule has 1 unspecified atom stereocenters. The number of hydrogen-bond acceptors (Lipinski definition) is 2. The van der Waals surface area contributed by atoms with Crippen molar-refractivity contribution in [2.75, 3.05) is 0 Å². The summed E-state index contributed by atoms with van der Waals surface area (Å²) in [4.78, 5) is 4.51. The van der Waals surface area contributed by atoms with Crippen LogP contribution in [0.2, 0.25) is 5.02 Å². The lowest BCUT2D eigenvalue weighted by Crippen LogP contribution is -2.07. The van der Waals surface area contributed by atoms with Crippen molar-refractivity contribution < 1.29 is 5.11 Å². The molecular weight excluding hydrogens is 272 g/mol. The second-order valence-corrected chi connectivity index (χ2v) is 5.29. The second kappa shape index (κ2) is 5.27. The number of fused-ring (bicyclic) bond motifs is 1. The Morgan fingerprint density at radius 3 is 2.75 bits per heavy atom. The van der Waals surface area contributed by atoms with E-state index in [1.807, 2.05) is 53.1 Å². The molecule has 0 aliphatic rings. The lowest BCUT2D eigenvalue weighted by atomic mass is 10.2. The van der Waals surface area contributed by atoms with Crippen molar-refractivity contribution in [2.24, 2.45) is 0 Å². The zero-order chi connectivity index (χ0) is 14.1. The van der Waals surface area contributed by atoms with Gasteiger partial charge in [-0.05, 0) is 36.8 Å². The maximum atomic E-state index is 9.93. The molecule has 0 spiro atoms. The van der Waals surface area contributed by atoms with Crippen molar-refractivity contribution in [2.45, 2.75) is 19.6 Å². The van der Waals surface area contributed by atoms with Crippen LogP contribution in [0.3, 0.4) is 0 Å². The number of hydrogen-bond donors (Lipinski definition) is 1. The standard InChI is InChI=1S/C16H15ClN2O/c1-11(20)16-18-14-7-2-3-8-15(14)19(16)10-12-5-4-6-13(17)9-12/h2-9,11,20H,10H2,1H3. The quantitative estimate of drug-likeness (QED) is 0.795. The number of imidazole rings is 1. The van der Waals surface area contributed by atoms with E-state index in [4.69, 9.17) is 11.6 Å². The third-order valence-corrected chi connectivity index (χ3v) is 3.52. The highest BCUT2D eigenvalue weighted by atomic mass is 35.5. The van der Waals surface area contributed by atoms with Crippen LogP contribution in [0.15, 0.2) is 48.5 Å². The molecule has 0 saturated heterocycles. The molecule has 20 heavy (non-hydrogen) atoms. The molecule has 0 aliphatic carbocycles. The lowest BCUT2D eigenvalue weighted by Gasteiger charge is -2.11. The Morgan fingerprint density at radius 1 is 1.20 bits per heavy atom. The number of aliphatic hydroxyl groups excluding tert-OH is 1. The van der Waals surface area contributed by atoms with Gasteiger partial charge < -0.3 is 9.67 Å². The van der Waals surface area contributed by atoms with Gasteiger partial charge in [-0.2, -0.15) is 0 Å². The number of aliphatic hydroxyl groups is 1. The minimum atomic E-state index is -0.610. The van der Waals surface area contributed by atoms with E-state index in [0.29, 0.717) is 17.4 Å². The van der Waals surface area contributed by atoms with Crippen molar-refractivity contribution in [3.63, 3.8) is 0 Å². The molecule has 0 radical (unpaired) electrons. The molecule has 3 rings (SSSR count). The highest BCUT2D eigenvalue weighted by molar-refractivity contribution is 6.30. The Hall–Kier alpha value is -1.84. The predicted molar refractivity (Wildman–Crippen MR) is 80.9 cm³/mol. The summed E-state index contributed by atoms with van der Waals surface area (Å²) in [6, 6.07) is 15.6. The van der Waals surface area contributed by atoms with Gasteiger partial charge in [-0.1, -0.05) is 35.9 Å². The Balaban J connectivity index is 2.11. The third-order valence-electron chi connectivity index (χ3n) is 3.29. The average Bonchev–Trinajstić information content (AvgIpc) is 2.78. The zero-order valence-corrected chi connectivity index (χ0v) is 11.9. The maximum Gasteiger partial charge on any atom is 0.138 e. The Labute approximate surface area is 122 Å². The number of benzene rings is 2. The van der Waals surface area contributed by atoms with E-state index < -0.39 is 6.10 Å². The topological polar surface area (TPSA) is 38.1 Å². The number of rotatable bonds is 3. The molecule has 1 N–H and O–H groups in total. The van der Waals surface area contributed by atoms with Crippen LogP contribution in [0.1, 0.15) is 24.4 Å². The van der Waals surface area contributed by atoms with Gasteiger partial charge in [0.15, 0.2) is 0 Å². The van der Waals surface area contributed by atoms with E-state index in [1.54, 1.807) is 6.92 Å². The van der Waals surface area contributed by atoms with E-state index in [2.05, 4.69) is 4.98 Å². The molecule has 0 amide bonds. The summed E-state index contributed by atoms with van der Waals surface area (Å²) in [5.74, 6) is 0.672. The first-order valence-electron chi connectivity index (χ1n) is 6.53. The molecule has 102 valence electrons. The van der Waals surface area contributed by atoms with Crippen LogP contribution in [0.5, 0.6) is 0 Å². The SMILES string of the molecule is CC(O)c1nc2ccccc2n1Cc1cccc(Cl)c1. The van der Waals surface area contributed by atoms with Gasteiger partial charge >= 0.3 is 0 Å². The molecule has 0 fully saturated rings. The molecule has 0 saturated carbocycles. The molecule has 1 heterocycles.